The zero-order chi connectivity index (χ0) is 15.2. The Morgan fingerprint density at radius 2 is 2.24 bits per heavy atom. The van der Waals surface area contributed by atoms with Gasteiger partial charge in [0.25, 0.3) is 0 Å². The minimum Gasteiger partial charge on any atom is -0.481 e. The fraction of sp³-hybridized carbons (Fsp3) is 0.400. The highest BCUT2D eigenvalue weighted by atomic mass is 16.4. The first-order valence-electron chi connectivity index (χ1n) is 6.83. The summed E-state index contributed by atoms with van der Waals surface area (Å²) in [5.41, 5.74) is 1.91. The molecule has 1 aromatic carbocycles. The molecule has 1 N–H and O–H groups in total. The minimum absolute atomic E-state index is 0.106. The standard InChI is InChI=1S/C15H18N4O2/c1-18(10-7-15(20)21)11-14-17-12-5-2-3-6-13(12)19(14)9-4-8-16/h2-3,5-6H,4,7,9-11H2,1H3,(H,20,21). The lowest BCUT2D eigenvalue weighted by Gasteiger charge is -2.16. The van der Waals surface area contributed by atoms with Crippen LogP contribution in [0.25, 0.3) is 11.0 Å². The monoisotopic (exact) mass is 286 g/mol. The highest BCUT2D eigenvalue weighted by Gasteiger charge is 2.12. The summed E-state index contributed by atoms with van der Waals surface area (Å²) in [4.78, 5) is 17.1. The van der Waals surface area contributed by atoms with E-state index in [1.54, 1.807) is 0 Å². The molecule has 0 aliphatic carbocycles. The maximum Gasteiger partial charge on any atom is 0.304 e. The number of fused-ring (bicyclic) bond motifs is 1. The van der Waals surface area contributed by atoms with Crippen LogP contribution in [0.2, 0.25) is 0 Å². The molecule has 0 radical (unpaired) electrons. The van der Waals surface area contributed by atoms with Crippen LogP contribution < -0.4 is 0 Å². The predicted octanol–water partition coefficient (Wildman–Crippen LogP) is 1.86. The molecule has 0 bridgehead atoms. The van der Waals surface area contributed by atoms with Gasteiger partial charge in [-0.2, -0.15) is 5.26 Å². The third-order valence-electron chi connectivity index (χ3n) is 3.30. The summed E-state index contributed by atoms with van der Waals surface area (Å²) in [5, 5.41) is 17.5. The van der Waals surface area contributed by atoms with Gasteiger partial charge in [0.05, 0.1) is 36.5 Å². The Morgan fingerprint density at radius 1 is 1.48 bits per heavy atom. The van der Waals surface area contributed by atoms with Crippen LogP contribution in [0.1, 0.15) is 18.7 Å². The number of carbonyl (C=O) groups is 1. The molecule has 0 unspecified atom stereocenters. The molecular formula is C15H18N4O2. The van der Waals surface area contributed by atoms with Crippen LogP contribution in [-0.4, -0.2) is 39.1 Å². The average molecular weight is 286 g/mol. The van der Waals surface area contributed by atoms with E-state index in [0.29, 0.717) is 26.1 Å². The summed E-state index contributed by atoms with van der Waals surface area (Å²) in [6.07, 6.45) is 0.529. The lowest BCUT2D eigenvalue weighted by molar-refractivity contribution is -0.137. The molecule has 0 fully saturated rings. The van der Waals surface area contributed by atoms with Crippen LogP contribution in [0.15, 0.2) is 24.3 Å². The highest BCUT2D eigenvalue weighted by molar-refractivity contribution is 5.75. The zero-order valence-electron chi connectivity index (χ0n) is 12.0. The molecule has 1 heterocycles. The number of aryl methyl sites for hydroxylation is 1. The topological polar surface area (TPSA) is 82.2 Å². The maximum absolute atomic E-state index is 10.6. The summed E-state index contributed by atoms with van der Waals surface area (Å²) < 4.78 is 2.04. The quantitative estimate of drug-likeness (QED) is 0.840. The number of hydrogen-bond donors (Lipinski definition) is 1. The van der Waals surface area contributed by atoms with Gasteiger partial charge in [0.2, 0.25) is 0 Å². The number of nitriles is 1. The van der Waals surface area contributed by atoms with Gasteiger partial charge in [-0.15, -0.1) is 0 Å². The zero-order valence-corrected chi connectivity index (χ0v) is 12.0. The Balaban J connectivity index is 2.21. The van der Waals surface area contributed by atoms with Crippen LogP contribution in [0.5, 0.6) is 0 Å². The fourth-order valence-electron chi connectivity index (χ4n) is 2.26. The van der Waals surface area contributed by atoms with Crippen molar-refractivity contribution in [2.75, 3.05) is 13.6 Å². The number of rotatable bonds is 7. The Kier molecular flexibility index (Phi) is 4.90. The minimum atomic E-state index is -0.806. The number of hydrogen-bond acceptors (Lipinski definition) is 4. The molecular weight excluding hydrogens is 268 g/mol. The van der Waals surface area contributed by atoms with E-state index >= 15 is 0 Å². The molecule has 2 aromatic rings. The van der Waals surface area contributed by atoms with E-state index in [-0.39, 0.29) is 6.42 Å². The van der Waals surface area contributed by atoms with Crippen molar-refractivity contribution in [2.24, 2.45) is 0 Å². The van der Waals surface area contributed by atoms with Gasteiger partial charge in [-0.3, -0.25) is 9.69 Å². The summed E-state index contributed by atoms with van der Waals surface area (Å²) in [6.45, 7) is 1.63. The largest absolute Gasteiger partial charge is 0.481 e. The predicted molar refractivity (Wildman–Crippen MR) is 78.5 cm³/mol. The van der Waals surface area contributed by atoms with Crippen molar-refractivity contribution < 1.29 is 9.90 Å². The lowest BCUT2D eigenvalue weighted by atomic mass is 10.3. The molecule has 0 atom stereocenters. The molecule has 21 heavy (non-hydrogen) atoms. The van der Waals surface area contributed by atoms with Gasteiger partial charge in [-0.05, 0) is 19.2 Å². The van der Waals surface area contributed by atoms with Crippen LogP contribution in [0, 0.1) is 11.3 Å². The van der Waals surface area contributed by atoms with Crippen LogP contribution in [0.3, 0.4) is 0 Å². The number of nitrogens with zero attached hydrogens (tertiary/aromatic N) is 4. The number of imidazole rings is 1. The number of aliphatic carboxylic acids is 1. The molecule has 1 aromatic heterocycles. The highest BCUT2D eigenvalue weighted by Crippen LogP contribution is 2.17. The molecule has 6 heteroatoms. The SMILES string of the molecule is CN(CCC(=O)O)Cc1nc2ccccc2n1CCC#N. The van der Waals surface area contributed by atoms with Gasteiger partial charge < -0.3 is 9.67 Å². The van der Waals surface area contributed by atoms with E-state index < -0.39 is 5.97 Å². The summed E-state index contributed by atoms with van der Waals surface area (Å²) in [6, 6.07) is 9.96. The van der Waals surface area contributed by atoms with Gasteiger partial charge >= 0.3 is 5.97 Å². The summed E-state index contributed by atoms with van der Waals surface area (Å²) in [5.74, 6) is 0.0548. The average Bonchev–Trinajstić information content (AvgIpc) is 2.80. The van der Waals surface area contributed by atoms with Gasteiger partial charge in [-0.1, -0.05) is 12.1 Å². The van der Waals surface area contributed by atoms with Crippen molar-refractivity contribution in [3.63, 3.8) is 0 Å². The van der Waals surface area contributed by atoms with Gasteiger partial charge in [0, 0.05) is 13.1 Å². The van der Waals surface area contributed by atoms with Gasteiger partial charge in [-0.25, -0.2) is 4.98 Å². The molecule has 6 nitrogen and oxygen atoms in total. The van der Waals surface area contributed by atoms with Gasteiger partial charge in [0.15, 0.2) is 0 Å². The molecule has 0 aliphatic rings. The van der Waals surface area contributed by atoms with Crippen molar-refractivity contribution in [2.45, 2.75) is 25.9 Å². The molecule has 0 aliphatic heterocycles. The molecule has 0 amide bonds. The first kappa shape index (κ1) is 15.0. The maximum atomic E-state index is 10.6. The van der Waals surface area contributed by atoms with Crippen LogP contribution >= 0.6 is 0 Å². The third-order valence-corrected chi connectivity index (χ3v) is 3.30. The van der Waals surface area contributed by atoms with Crippen LogP contribution in [0.4, 0.5) is 0 Å². The van der Waals surface area contributed by atoms with E-state index in [9.17, 15) is 4.79 Å². The third kappa shape index (κ3) is 3.80. The number of para-hydroxylation sites is 2. The number of aromatic nitrogens is 2. The second kappa shape index (κ2) is 6.86. The second-order valence-corrected chi connectivity index (χ2v) is 4.96. The molecule has 110 valence electrons. The second-order valence-electron chi connectivity index (χ2n) is 4.96. The Morgan fingerprint density at radius 3 is 2.95 bits per heavy atom. The number of benzene rings is 1. The summed E-state index contributed by atoms with van der Waals surface area (Å²) >= 11 is 0. The van der Waals surface area contributed by atoms with Crippen molar-refractivity contribution >= 4 is 17.0 Å². The first-order valence-corrected chi connectivity index (χ1v) is 6.83. The van der Waals surface area contributed by atoms with Crippen molar-refractivity contribution in [3.8, 4) is 6.07 Å². The van der Waals surface area contributed by atoms with E-state index in [2.05, 4.69) is 11.1 Å². The van der Waals surface area contributed by atoms with E-state index in [1.807, 2.05) is 40.8 Å². The Hall–Kier alpha value is -2.39. The van der Waals surface area contributed by atoms with Crippen LogP contribution in [-0.2, 0) is 17.9 Å². The summed E-state index contributed by atoms with van der Waals surface area (Å²) in [7, 11) is 1.87. The molecule has 2 rings (SSSR count). The normalized spacial score (nSPS) is 10.9. The molecule has 0 spiro atoms. The molecule has 0 saturated heterocycles. The lowest BCUT2D eigenvalue weighted by Crippen LogP contribution is -2.23. The number of carboxylic acids is 1. The fourth-order valence-corrected chi connectivity index (χ4v) is 2.26. The van der Waals surface area contributed by atoms with Crippen molar-refractivity contribution in [1.82, 2.24) is 14.5 Å². The number of carboxylic acid groups (broad SMARTS) is 1. The molecule has 0 saturated carbocycles. The van der Waals surface area contributed by atoms with E-state index in [0.717, 1.165) is 16.9 Å². The Labute approximate surface area is 123 Å². The van der Waals surface area contributed by atoms with Crippen molar-refractivity contribution in [3.05, 3.63) is 30.1 Å². The Bertz CT molecular complexity index is 672. The van der Waals surface area contributed by atoms with E-state index in [1.165, 1.54) is 0 Å². The first-order chi connectivity index (χ1) is 10.1. The van der Waals surface area contributed by atoms with Gasteiger partial charge in [0.1, 0.15) is 5.82 Å². The smallest absolute Gasteiger partial charge is 0.304 e. The van der Waals surface area contributed by atoms with E-state index in [4.69, 9.17) is 10.4 Å². The van der Waals surface area contributed by atoms with Crippen molar-refractivity contribution in [1.29, 1.82) is 5.26 Å².